The molecule has 0 unspecified atom stereocenters. The van der Waals surface area contributed by atoms with Crippen molar-refractivity contribution in [2.45, 2.75) is 0 Å². The summed E-state index contributed by atoms with van der Waals surface area (Å²) < 4.78 is 0. The molecule has 0 saturated carbocycles. The zero-order valence-corrected chi connectivity index (χ0v) is 10.9. The Bertz CT molecular complexity index is 599. The first kappa shape index (κ1) is 13.0. The third-order valence-corrected chi connectivity index (χ3v) is 2.53. The molecule has 0 atom stereocenters. The Kier molecular flexibility index (Phi) is 4.10. The predicted molar refractivity (Wildman–Crippen MR) is 81.2 cm³/mol. The molecule has 5 heteroatoms. The average Bonchev–Trinajstić information content (AvgIpc) is 2.39. The lowest BCUT2D eigenvalue weighted by atomic mass is 10.2. The number of carbonyl (C=O) groups is 1. The Labute approximate surface area is 116 Å². The first-order valence-electron chi connectivity index (χ1n) is 5.68. The van der Waals surface area contributed by atoms with Crippen molar-refractivity contribution in [3.05, 3.63) is 60.2 Å². The van der Waals surface area contributed by atoms with E-state index in [2.05, 4.69) is 10.6 Å². The first-order chi connectivity index (χ1) is 9.15. The van der Waals surface area contributed by atoms with Crippen molar-refractivity contribution in [2.75, 3.05) is 10.6 Å². The lowest BCUT2D eigenvalue weighted by molar-refractivity contribution is 0.102. The van der Waals surface area contributed by atoms with Gasteiger partial charge in [-0.05, 0) is 42.5 Å². The van der Waals surface area contributed by atoms with Gasteiger partial charge in [-0.1, -0.05) is 24.3 Å². The van der Waals surface area contributed by atoms with Crippen molar-refractivity contribution in [2.24, 2.45) is 5.73 Å². The molecule has 0 aliphatic rings. The second-order valence-corrected chi connectivity index (χ2v) is 4.33. The number of benzene rings is 2. The maximum absolute atomic E-state index is 12.0. The van der Waals surface area contributed by atoms with Crippen molar-refractivity contribution >= 4 is 34.6 Å². The van der Waals surface area contributed by atoms with E-state index in [1.807, 2.05) is 24.3 Å². The quantitative estimate of drug-likeness (QED) is 0.751. The molecule has 0 aliphatic heterocycles. The molecule has 2 rings (SSSR count). The van der Waals surface area contributed by atoms with Gasteiger partial charge in [0.25, 0.3) is 5.91 Å². The van der Waals surface area contributed by atoms with Gasteiger partial charge in [-0.25, -0.2) is 0 Å². The van der Waals surface area contributed by atoms with Crippen molar-refractivity contribution < 1.29 is 4.79 Å². The maximum atomic E-state index is 12.0. The summed E-state index contributed by atoms with van der Waals surface area (Å²) in [6, 6.07) is 16.2. The molecule has 0 aliphatic carbocycles. The molecule has 0 bridgehead atoms. The highest BCUT2D eigenvalue weighted by atomic mass is 32.1. The largest absolute Gasteiger partial charge is 0.376 e. The van der Waals surface area contributed by atoms with Gasteiger partial charge >= 0.3 is 0 Å². The summed E-state index contributed by atoms with van der Waals surface area (Å²) in [6.45, 7) is 0. The smallest absolute Gasteiger partial charge is 0.255 e. The molecule has 4 N–H and O–H groups in total. The number of anilines is 2. The van der Waals surface area contributed by atoms with Crippen molar-refractivity contribution in [1.29, 1.82) is 0 Å². The summed E-state index contributed by atoms with van der Waals surface area (Å²) in [7, 11) is 0. The SMILES string of the molecule is NC(=S)Nc1cccc(NC(=O)c2ccccc2)c1. The minimum Gasteiger partial charge on any atom is -0.376 e. The van der Waals surface area contributed by atoms with Crippen molar-refractivity contribution in [3.63, 3.8) is 0 Å². The summed E-state index contributed by atoms with van der Waals surface area (Å²) in [5.41, 5.74) is 7.42. The van der Waals surface area contributed by atoms with E-state index < -0.39 is 0 Å². The van der Waals surface area contributed by atoms with Crippen LogP contribution in [0.3, 0.4) is 0 Å². The Morgan fingerprint density at radius 2 is 1.58 bits per heavy atom. The lowest BCUT2D eigenvalue weighted by Crippen LogP contribution is -2.19. The molecule has 1 amide bonds. The number of thiocarbonyl (C=S) groups is 1. The molecule has 2 aromatic rings. The van der Waals surface area contributed by atoms with Gasteiger partial charge in [0.15, 0.2) is 5.11 Å². The third kappa shape index (κ3) is 3.79. The Morgan fingerprint density at radius 3 is 2.21 bits per heavy atom. The van der Waals surface area contributed by atoms with Crippen LogP contribution in [0.2, 0.25) is 0 Å². The van der Waals surface area contributed by atoms with E-state index >= 15 is 0 Å². The molecular formula is C14H13N3OS. The van der Waals surface area contributed by atoms with Crippen molar-refractivity contribution in [1.82, 2.24) is 0 Å². The molecule has 0 radical (unpaired) electrons. The minimum atomic E-state index is -0.159. The number of carbonyl (C=O) groups excluding carboxylic acids is 1. The van der Waals surface area contributed by atoms with Crippen LogP contribution in [0.15, 0.2) is 54.6 Å². The lowest BCUT2D eigenvalue weighted by Gasteiger charge is -2.08. The van der Waals surface area contributed by atoms with E-state index in [9.17, 15) is 4.79 Å². The summed E-state index contributed by atoms with van der Waals surface area (Å²) in [6.07, 6.45) is 0. The Morgan fingerprint density at radius 1 is 0.947 bits per heavy atom. The van der Waals surface area contributed by atoms with Crippen molar-refractivity contribution in [3.8, 4) is 0 Å². The summed E-state index contributed by atoms with van der Waals surface area (Å²) >= 11 is 4.76. The Balaban J connectivity index is 2.11. The fraction of sp³-hybridized carbons (Fsp3) is 0. The van der Waals surface area contributed by atoms with Gasteiger partial charge in [-0.2, -0.15) is 0 Å². The van der Waals surface area contributed by atoms with E-state index in [1.54, 1.807) is 30.3 Å². The van der Waals surface area contributed by atoms with Gasteiger partial charge in [-0.3, -0.25) is 4.79 Å². The molecule has 0 heterocycles. The van der Waals surface area contributed by atoms with Crippen LogP contribution in [-0.2, 0) is 0 Å². The average molecular weight is 271 g/mol. The number of rotatable bonds is 3. The van der Waals surface area contributed by atoms with Crippen LogP contribution in [0, 0.1) is 0 Å². The van der Waals surface area contributed by atoms with Crippen LogP contribution >= 0.6 is 12.2 Å². The van der Waals surface area contributed by atoms with Crippen LogP contribution in [0.25, 0.3) is 0 Å². The highest BCUT2D eigenvalue weighted by Gasteiger charge is 2.05. The van der Waals surface area contributed by atoms with E-state index in [0.717, 1.165) is 5.69 Å². The predicted octanol–water partition coefficient (Wildman–Crippen LogP) is 2.59. The third-order valence-electron chi connectivity index (χ3n) is 2.42. The number of nitrogens with one attached hydrogen (secondary N) is 2. The van der Waals surface area contributed by atoms with Crippen LogP contribution in [-0.4, -0.2) is 11.0 Å². The van der Waals surface area contributed by atoms with Crippen LogP contribution in [0.1, 0.15) is 10.4 Å². The monoisotopic (exact) mass is 271 g/mol. The highest BCUT2D eigenvalue weighted by Crippen LogP contribution is 2.15. The van der Waals surface area contributed by atoms with E-state index in [-0.39, 0.29) is 11.0 Å². The van der Waals surface area contributed by atoms with Gasteiger partial charge in [-0.15, -0.1) is 0 Å². The molecule has 0 aromatic heterocycles. The standard InChI is InChI=1S/C14H13N3OS/c15-14(19)17-12-8-4-7-11(9-12)16-13(18)10-5-2-1-3-6-10/h1-9H,(H,16,18)(H3,15,17,19). The van der Waals surface area contributed by atoms with Crippen LogP contribution in [0.4, 0.5) is 11.4 Å². The second-order valence-electron chi connectivity index (χ2n) is 3.89. The van der Waals surface area contributed by atoms with Gasteiger partial charge in [0.05, 0.1) is 0 Å². The molecule has 2 aromatic carbocycles. The van der Waals surface area contributed by atoms with Gasteiger partial charge in [0.2, 0.25) is 0 Å². The molecule has 0 spiro atoms. The second kappa shape index (κ2) is 5.97. The fourth-order valence-electron chi connectivity index (χ4n) is 1.61. The number of hydrogen-bond donors (Lipinski definition) is 3. The fourth-order valence-corrected chi connectivity index (χ4v) is 1.73. The zero-order valence-electron chi connectivity index (χ0n) is 10.1. The maximum Gasteiger partial charge on any atom is 0.255 e. The van der Waals surface area contributed by atoms with Gasteiger partial charge in [0.1, 0.15) is 0 Å². The van der Waals surface area contributed by atoms with E-state index in [1.165, 1.54) is 0 Å². The summed E-state index contributed by atoms with van der Waals surface area (Å²) in [5, 5.41) is 5.81. The topological polar surface area (TPSA) is 67.2 Å². The zero-order chi connectivity index (χ0) is 13.7. The summed E-state index contributed by atoms with van der Waals surface area (Å²) in [4.78, 5) is 12.0. The van der Waals surface area contributed by atoms with Crippen LogP contribution in [0.5, 0.6) is 0 Å². The summed E-state index contributed by atoms with van der Waals surface area (Å²) in [5.74, 6) is -0.159. The number of amides is 1. The molecule has 4 nitrogen and oxygen atoms in total. The number of nitrogens with two attached hydrogens (primary N) is 1. The van der Waals surface area contributed by atoms with Crippen LogP contribution < -0.4 is 16.4 Å². The molecular weight excluding hydrogens is 258 g/mol. The molecule has 0 fully saturated rings. The molecule has 96 valence electrons. The normalized spacial score (nSPS) is 9.68. The van der Waals surface area contributed by atoms with Gasteiger partial charge < -0.3 is 16.4 Å². The molecule has 0 saturated heterocycles. The Hall–Kier alpha value is -2.40. The first-order valence-corrected chi connectivity index (χ1v) is 6.09. The molecule has 19 heavy (non-hydrogen) atoms. The minimum absolute atomic E-state index is 0.159. The number of hydrogen-bond acceptors (Lipinski definition) is 2. The van der Waals surface area contributed by atoms with Gasteiger partial charge in [0, 0.05) is 16.9 Å². The highest BCUT2D eigenvalue weighted by molar-refractivity contribution is 7.80. The van der Waals surface area contributed by atoms with E-state index in [4.69, 9.17) is 18.0 Å². The van der Waals surface area contributed by atoms with E-state index in [0.29, 0.717) is 11.3 Å².